The molecule has 0 fully saturated rings. The zero-order valence-corrected chi connectivity index (χ0v) is 27.5. The molecule has 0 spiro atoms. The van der Waals surface area contributed by atoms with E-state index in [9.17, 15) is 36.4 Å². The van der Waals surface area contributed by atoms with Crippen LogP contribution < -0.4 is 64.2 Å². The fourth-order valence-electron chi connectivity index (χ4n) is 3.66. The third-order valence-corrected chi connectivity index (χ3v) is 7.39. The van der Waals surface area contributed by atoms with E-state index < -0.39 is 44.9 Å². The van der Waals surface area contributed by atoms with Crippen LogP contribution in [0.1, 0.15) is 116 Å². The number of unbranched alkanes of at least 4 members (excludes halogenated alkanes) is 15. The van der Waals surface area contributed by atoms with Crippen molar-refractivity contribution in [3.8, 4) is 0 Å². The Morgan fingerprint density at radius 2 is 1.14 bits per heavy atom. The van der Waals surface area contributed by atoms with Gasteiger partial charge >= 0.3 is 69.4 Å². The fourth-order valence-corrected chi connectivity index (χ4v) is 4.79. The summed E-state index contributed by atoms with van der Waals surface area (Å²) in [6.07, 6.45) is 16.9. The van der Waals surface area contributed by atoms with E-state index in [1.807, 2.05) is 0 Å². The summed E-state index contributed by atoms with van der Waals surface area (Å²) < 4.78 is 53.9. The molecule has 0 saturated carbocycles. The van der Waals surface area contributed by atoms with Crippen molar-refractivity contribution in [2.75, 3.05) is 6.54 Å². The molecule has 196 valence electrons. The van der Waals surface area contributed by atoms with Crippen LogP contribution in [-0.4, -0.2) is 49.7 Å². The van der Waals surface area contributed by atoms with Gasteiger partial charge in [0.15, 0.2) is 0 Å². The Bertz CT molecular complexity index is 666. The molecule has 0 aliphatic rings. The number of carboxylic acid groups (broad SMARTS) is 1. The molecule has 0 rings (SSSR count). The summed E-state index contributed by atoms with van der Waals surface area (Å²) in [4.78, 5) is 22.8. The summed E-state index contributed by atoms with van der Waals surface area (Å²) in [7, 11) is -4.91. The van der Waals surface area contributed by atoms with Crippen LogP contribution >= 0.6 is 0 Å². The Morgan fingerprint density at radius 1 is 0.800 bits per heavy atom. The maximum absolute atomic E-state index is 12.0. The molecule has 0 saturated heterocycles. The summed E-state index contributed by atoms with van der Waals surface area (Å²) in [5.74, 6) is -3.30. The van der Waals surface area contributed by atoms with Gasteiger partial charge in [0.1, 0.15) is 0 Å². The fraction of sp³-hybridized carbons (Fsp3) is 0.909. The number of carboxylic acids is 1. The van der Waals surface area contributed by atoms with Gasteiger partial charge < -0.3 is 14.5 Å². The topological polar surface area (TPSA) is 155 Å². The summed E-state index contributed by atoms with van der Waals surface area (Å²) in [6, 6.07) is 0. The largest absolute Gasteiger partial charge is 1.00 e. The van der Waals surface area contributed by atoms with Gasteiger partial charge in [0.25, 0.3) is 0 Å². The molecule has 0 radical (unpaired) electrons. The van der Waals surface area contributed by atoms with Gasteiger partial charge in [-0.15, -0.1) is 0 Å². The Hall–Kier alpha value is 0.960. The molecule has 0 aromatic carbocycles. The molecule has 13 heteroatoms. The molecule has 0 aromatic rings. The average molecular weight is 558 g/mol. The third kappa shape index (κ3) is 22.6. The van der Waals surface area contributed by atoms with E-state index in [1.54, 1.807) is 0 Å². The van der Waals surface area contributed by atoms with Crippen LogP contribution in [0.4, 0.5) is 0 Å². The Kier molecular flexibility index (Phi) is 29.2. The van der Waals surface area contributed by atoms with Crippen LogP contribution in [-0.2, 0) is 31.0 Å². The molecule has 0 aliphatic carbocycles. The second kappa shape index (κ2) is 25.2. The number of rotatable bonds is 22. The normalized spacial score (nSPS) is 12.8. The first kappa shape index (κ1) is 40.5. The third-order valence-electron chi connectivity index (χ3n) is 5.63. The molecular weight excluding hydrogens is 516 g/mol. The van der Waals surface area contributed by atoms with Crippen LogP contribution in [0, 0.1) is 0 Å². The van der Waals surface area contributed by atoms with Gasteiger partial charge in [-0.3, -0.25) is 13.6 Å². The van der Waals surface area contributed by atoms with E-state index in [4.69, 9.17) is 0 Å². The van der Waals surface area contributed by atoms with E-state index >= 15 is 0 Å². The summed E-state index contributed by atoms with van der Waals surface area (Å²) in [5.41, 5.74) is 0. The minimum atomic E-state index is -4.91. The van der Waals surface area contributed by atoms with Crippen LogP contribution in [0.25, 0.3) is 0 Å². The number of hydrogen-bond donors (Lipinski definition) is 1. The zero-order valence-electron chi connectivity index (χ0n) is 21.9. The smallest absolute Gasteiger partial charge is 0.772 e. The predicted octanol–water partition coefficient (Wildman–Crippen LogP) is -2.72. The first-order valence-corrected chi connectivity index (χ1v) is 14.7. The molecule has 0 aromatic heterocycles. The van der Waals surface area contributed by atoms with Gasteiger partial charge in [0, 0.05) is 13.0 Å². The van der Waals surface area contributed by atoms with Gasteiger partial charge in [-0.1, -0.05) is 103 Å². The van der Waals surface area contributed by atoms with Gasteiger partial charge in [-0.2, -0.15) is 8.42 Å². The monoisotopic (exact) mass is 557 g/mol. The number of aliphatic carboxylic acids is 1. The number of carbonyl (C=O) groups excluding carboxylic acids is 2. The van der Waals surface area contributed by atoms with Crippen molar-refractivity contribution in [2.24, 2.45) is 0 Å². The maximum Gasteiger partial charge on any atom is 1.00 e. The van der Waals surface area contributed by atoms with Gasteiger partial charge in [0.05, 0.1) is 11.2 Å². The Labute approximate surface area is 258 Å². The molecule has 0 aliphatic heterocycles. The first-order valence-electron chi connectivity index (χ1n) is 12.2. The van der Waals surface area contributed by atoms with Gasteiger partial charge in [-0.25, -0.2) is 4.31 Å². The summed E-state index contributed by atoms with van der Waals surface area (Å²) >= 11 is -3.15. The van der Waals surface area contributed by atoms with E-state index in [0.717, 1.165) is 25.7 Å². The Morgan fingerprint density at radius 3 is 1.43 bits per heavy atom. The van der Waals surface area contributed by atoms with E-state index in [2.05, 4.69) is 6.92 Å². The van der Waals surface area contributed by atoms with Gasteiger partial charge in [-0.05, 0) is 17.5 Å². The van der Waals surface area contributed by atoms with Crippen LogP contribution in [0.3, 0.4) is 0 Å². The van der Waals surface area contributed by atoms with Gasteiger partial charge in [0.2, 0.25) is 5.91 Å². The van der Waals surface area contributed by atoms with Crippen molar-refractivity contribution in [1.82, 2.24) is 4.31 Å². The summed E-state index contributed by atoms with van der Waals surface area (Å²) in [6.45, 7) is 1.89. The molecule has 1 amide bonds. The molecule has 2 atom stereocenters. The zero-order chi connectivity index (χ0) is 25.1. The van der Waals surface area contributed by atoms with E-state index in [0.29, 0.717) is 12.8 Å². The van der Waals surface area contributed by atoms with Crippen LogP contribution in [0.2, 0.25) is 0 Å². The number of hydrogen-bond acceptors (Lipinski definition) is 7. The van der Waals surface area contributed by atoms with E-state index in [-0.39, 0.29) is 70.0 Å². The molecule has 2 unspecified atom stereocenters. The van der Waals surface area contributed by atoms with Crippen molar-refractivity contribution in [3.05, 3.63) is 0 Å². The quantitative estimate of drug-likeness (QED) is 0.0652. The van der Waals surface area contributed by atoms with Crippen LogP contribution in [0.15, 0.2) is 0 Å². The van der Waals surface area contributed by atoms with Crippen molar-refractivity contribution in [3.63, 3.8) is 0 Å². The van der Waals surface area contributed by atoms with Crippen molar-refractivity contribution >= 4 is 33.3 Å². The van der Waals surface area contributed by atoms with Crippen molar-refractivity contribution in [2.45, 2.75) is 121 Å². The van der Waals surface area contributed by atoms with E-state index in [1.165, 1.54) is 64.2 Å². The van der Waals surface area contributed by atoms with Crippen LogP contribution in [0.5, 0.6) is 0 Å². The molecule has 1 N–H and O–H groups in total. The summed E-state index contributed by atoms with van der Waals surface area (Å²) in [5, 5.41) is 8.61. The van der Waals surface area contributed by atoms with Crippen molar-refractivity contribution < 1.29 is 95.5 Å². The number of carbonyl (C=O) groups is 2. The molecule has 9 nitrogen and oxygen atoms in total. The second-order valence-corrected chi connectivity index (χ2v) is 10.9. The average Bonchev–Trinajstić information content (AvgIpc) is 2.72. The minimum Gasteiger partial charge on any atom is -0.772 e. The predicted molar refractivity (Wildman–Crippen MR) is 125 cm³/mol. The maximum atomic E-state index is 12.0. The molecule has 0 heterocycles. The molecule has 35 heavy (non-hydrogen) atoms. The standard InChI is InChI=1S/C22H43NO8S2.2Na/c1-2-3-4-5-6-7-8-9-10-11-12-13-14-15-16-17-18-23(33(29,30)31)21(24)19-20(22(25)26)32(27)28;;/h20H,2-19H2,1H3,(H,25,26)(H,27,28)(H,29,30,31);;/q;2*+1/p-2. The first-order chi connectivity index (χ1) is 15.6. The minimum absolute atomic E-state index is 0. The molecular formula is C22H41NNa2O8S2. The van der Waals surface area contributed by atoms with Crippen molar-refractivity contribution in [1.29, 1.82) is 0 Å². The number of nitrogens with zero attached hydrogens (tertiary/aromatic N) is 1. The number of amides is 1. The second-order valence-electron chi connectivity index (χ2n) is 8.52. The molecule has 0 bridgehead atoms. The SMILES string of the molecule is CCCCCCCCCCCCCCCCCCN(C(=O)CC(C(=O)[O-])S(=O)[O-])S(=O)(=O)O.[Na+].[Na+]. The Balaban J connectivity index is -0.00000512.